The van der Waals surface area contributed by atoms with E-state index in [1.54, 1.807) is 0 Å². The number of aryl methyl sites for hydroxylation is 1. The van der Waals surface area contributed by atoms with Crippen LogP contribution in [-0.4, -0.2) is 5.83 Å². The first-order valence-corrected chi connectivity index (χ1v) is 12.5. The van der Waals surface area contributed by atoms with Crippen molar-refractivity contribution < 1.29 is 0 Å². The predicted octanol–water partition coefficient (Wildman–Crippen LogP) is 9.09. The van der Waals surface area contributed by atoms with Crippen LogP contribution in [-0.2, 0) is 0 Å². The number of alkyl halides is 1. The van der Waals surface area contributed by atoms with E-state index in [0.717, 1.165) is 17.7 Å². The van der Waals surface area contributed by atoms with Crippen molar-refractivity contribution >= 4 is 32.8 Å². The van der Waals surface area contributed by atoms with Crippen molar-refractivity contribution in [2.45, 2.75) is 54.4 Å². The number of allylic oxidation sites excluding steroid dienone is 5. The summed E-state index contributed by atoms with van der Waals surface area (Å²) in [5.41, 5.74) is 13.9. The second-order valence-electron chi connectivity index (χ2n) is 7.04. The molecule has 164 valence electrons. The van der Waals surface area contributed by atoms with Crippen molar-refractivity contribution in [2.75, 3.05) is 11.6 Å². The third-order valence-corrected chi connectivity index (χ3v) is 4.42. The summed E-state index contributed by atoms with van der Waals surface area (Å²) in [6, 6.07) is 16.5. The number of anilines is 1. The van der Waals surface area contributed by atoms with Gasteiger partial charge in [-0.25, -0.2) is 0 Å². The average molecular weight is 471 g/mol. The molecule has 0 fully saturated rings. The molecule has 0 saturated carbocycles. The summed E-state index contributed by atoms with van der Waals surface area (Å²) in [5.74, 6) is 2.34. The van der Waals surface area contributed by atoms with Crippen molar-refractivity contribution in [3.8, 4) is 0 Å². The van der Waals surface area contributed by atoms with Gasteiger partial charge in [0.15, 0.2) is 0 Å². The lowest BCUT2D eigenvalue weighted by molar-refractivity contribution is 0.735. The standard InChI is InChI=1S/C22H23N.C3H8.C2H6.CH3Br/c1-15-9-11-21(20-12-10-19(23)14-16(20)2)22(13-15)17(3)18-7-5-4-6-8-18;1-3-2;2*1-2/h4-8,10-15H,3,9,23H2,1-2H3;3H2,1-2H3;1-2H3;1H3. The van der Waals surface area contributed by atoms with Gasteiger partial charge in [0.25, 0.3) is 0 Å². The molecule has 1 nitrogen and oxygen atoms in total. The van der Waals surface area contributed by atoms with Crippen LogP contribution in [0, 0.1) is 12.8 Å². The molecule has 0 amide bonds. The molecular weight excluding hydrogens is 430 g/mol. The number of benzene rings is 2. The Balaban J connectivity index is 0.00000108. The minimum Gasteiger partial charge on any atom is -0.399 e. The highest BCUT2D eigenvalue weighted by Crippen LogP contribution is 2.39. The lowest BCUT2D eigenvalue weighted by Crippen LogP contribution is -2.04. The van der Waals surface area contributed by atoms with Gasteiger partial charge < -0.3 is 5.73 Å². The third-order valence-electron chi connectivity index (χ3n) is 4.42. The van der Waals surface area contributed by atoms with Gasteiger partial charge in [0, 0.05) is 5.69 Å². The highest BCUT2D eigenvalue weighted by atomic mass is 79.9. The van der Waals surface area contributed by atoms with Crippen LogP contribution in [0.4, 0.5) is 5.69 Å². The Labute approximate surface area is 193 Å². The SMILES string of the molecule is C=C(C1=CC(C)CC=C1c1ccc(N)cc1C)c1ccccc1.CBr.CC.CCC. The van der Waals surface area contributed by atoms with E-state index >= 15 is 0 Å². The Bertz CT molecular complexity index is 816. The summed E-state index contributed by atoms with van der Waals surface area (Å²) in [4.78, 5) is 0. The normalized spacial score (nSPS) is 14.3. The lowest BCUT2D eigenvalue weighted by Gasteiger charge is -2.23. The maximum Gasteiger partial charge on any atom is 0.0317 e. The van der Waals surface area contributed by atoms with Crippen LogP contribution in [0.25, 0.3) is 11.1 Å². The fraction of sp³-hybridized carbons (Fsp3) is 0.357. The summed E-state index contributed by atoms with van der Waals surface area (Å²) in [5, 5.41) is 0. The summed E-state index contributed by atoms with van der Waals surface area (Å²) in [7, 11) is 0. The zero-order valence-corrected chi connectivity index (χ0v) is 21.5. The summed E-state index contributed by atoms with van der Waals surface area (Å²) >= 11 is 2.94. The minimum absolute atomic E-state index is 0.531. The average Bonchev–Trinajstić information content (AvgIpc) is 2.78. The highest BCUT2D eigenvalue weighted by molar-refractivity contribution is 9.08. The van der Waals surface area contributed by atoms with E-state index in [1.165, 1.54) is 34.3 Å². The molecule has 3 rings (SSSR count). The number of nitrogen functional groups attached to an aromatic ring is 1. The molecule has 0 heterocycles. The van der Waals surface area contributed by atoms with E-state index in [2.05, 4.69) is 92.7 Å². The molecule has 2 aromatic carbocycles. The van der Waals surface area contributed by atoms with Crippen molar-refractivity contribution in [3.05, 3.63) is 89.5 Å². The van der Waals surface area contributed by atoms with Crippen molar-refractivity contribution in [1.82, 2.24) is 0 Å². The van der Waals surface area contributed by atoms with Crippen molar-refractivity contribution in [1.29, 1.82) is 0 Å². The fourth-order valence-corrected chi connectivity index (χ4v) is 3.16. The Kier molecular flexibility index (Phi) is 14.7. The van der Waals surface area contributed by atoms with E-state index in [4.69, 9.17) is 5.73 Å². The molecule has 2 N–H and O–H groups in total. The first kappa shape index (κ1) is 27.9. The third kappa shape index (κ3) is 8.36. The molecular formula is C28H40BrN. The van der Waals surface area contributed by atoms with Crippen LogP contribution in [0.15, 0.2) is 72.8 Å². The highest BCUT2D eigenvalue weighted by Gasteiger charge is 2.19. The summed E-state index contributed by atoms with van der Waals surface area (Å²) in [6.07, 6.45) is 7.00. The topological polar surface area (TPSA) is 26.0 Å². The van der Waals surface area contributed by atoms with Crippen LogP contribution in [0.2, 0.25) is 0 Å². The lowest BCUT2D eigenvalue weighted by atomic mass is 9.81. The Morgan fingerprint density at radius 3 is 2.17 bits per heavy atom. The maximum absolute atomic E-state index is 5.91. The first-order chi connectivity index (χ1) is 14.5. The Hall–Kier alpha value is -2.06. The van der Waals surface area contributed by atoms with E-state index in [1.807, 2.05) is 37.9 Å². The van der Waals surface area contributed by atoms with Gasteiger partial charge in [-0.05, 0) is 70.6 Å². The van der Waals surface area contributed by atoms with Gasteiger partial charge in [-0.2, -0.15) is 0 Å². The zero-order valence-electron chi connectivity index (χ0n) is 19.9. The van der Waals surface area contributed by atoms with E-state index in [0.29, 0.717) is 5.92 Å². The number of halogens is 1. The van der Waals surface area contributed by atoms with Gasteiger partial charge in [-0.15, -0.1) is 0 Å². The van der Waals surface area contributed by atoms with Crippen LogP contribution < -0.4 is 5.73 Å². The minimum atomic E-state index is 0.531. The first-order valence-electron chi connectivity index (χ1n) is 10.9. The van der Waals surface area contributed by atoms with Crippen LogP contribution in [0.3, 0.4) is 0 Å². The van der Waals surface area contributed by atoms with Crippen molar-refractivity contribution in [3.63, 3.8) is 0 Å². The number of hydrogen-bond donors (Lipinski definition) is 1. The van der Waals surface area contributed by atoms with Crippen LogP contribution in [0.1, 0.15) is 64.2 Å². The van der Waals surface area contributed by atoms with Crippen LogP contribution in [0.5, 0.6) is 0 Å². The maximum atomic E-state index is 5.91. The fourth-order valence-electron chi connectivity index (χ4n) is 3.16. The molecule has 0 radical (unpaired) electrons. The van der Waals surface area contributed by atoms with Gasteiger partial charge in [0.2, 0.25) is 0 Å². The molecule has 0 saturated heterocycles. The largest absolute Gasteiger partial charge is 0.399 e. The van der Waals surface area contributed by atoms with E-state index < -0.39 is 0 Å². The Morgan fingerprint density at radius 1 is 1.07 bits per heavy atom. The molecule has 1 unspecified atom stereocenters. The van der Waals surface area contributed by atoms with Gasteiger partial charge >= 0.3 is 0 Å². The number of nitrogens with two attached hydrogens (primary N) is 1. The molecule has 1 aliphatic carbocycles. The van der Waals surface area contributed by atoms with Gasteiger partial charge in [0.1, 0.15) is 0 Å². The second kappa shape index (κ2) is 15.7. The van der Waals surface area contributed by atoms with E-state index in [-0.39, 0.29) is 0 Å². The molecule has 2 heteroatoms. The van der Waals surface area contributed by atoms with Crippen LogP contribution >= 0.6 is 15.9 Å². The quantitative estimate of drug-likeness (QED) is 0.351. The van der Waals surface area contributed by atoms with Gasteiger partial charge in [-0.3, -0.25) is 0 Å². The number of hydrogen-bond acceptors (Lipinski definition) is 1. The summed E-state index contributed by atoms with van der Waals surface area (Å²) in [6.45, 7) is 17.0. The molecule has 2 aromatic rings. The zero-order chi connectivity index (χ0) is 23.1. The van der Waals surface area contributed by atoms with Gasteiger partial charge in [0.05, 0.1) is 0 Å². The molecule has 1 atom stereocenters. The van der Waals surface area contributed by atoms with Crippen molar-refractivity contribution in [2.24, 2.45) is 5.92 Å². The molecule has 1 aliphatic rings. The van der Waals surface area contributed by atoms with E-state index in [9.17, 15) is 0 Å². The second-order valence-corrected chi connectivity index (χ2v) is 7.04. The molecule has 0 bridgehead atoms. The molecule has 0 spiro atoms. The smallest absolute Gasteiger partial charge is 0.0317 e. The number of rotatable bonds is 3. The monoisotopic (exact) mass is 469 g/mol. The predicted molar refractivity (Wildman–Crippen MR) is 143 cm³/mol. The summed E-state index contributed by atoms with van der Waals surface area (Å²) < 4.78 is 0. The Morgan fingerprint density at radius 2 is 1.63 bits per heavy atom. The molecule has 30 heavy (non-hydrogen) atoms. The molecule has 0 aromatic heterocycles. The van der Waals surface area contributed by atoms with Gasteiger partial charge in [-0.1, -0.05) is 112 Å². The molecule has 0 aliphatic heterocycles.